The molecule has 1 fully saturated rings. The van der Waals surface area contributed by atoms with E-state index in [2.05, 4.69) is 27.1 Å². The van der Waals surface area contributed by atoms with Gasteiger partial charge in [0, 0.05) is 39.9 Å². The maximum atomic E-state index is 5.30. The van der Waals surface area contributed by atoms with Gasteiger partial charge < -0.3 is 19.7 Å². The number of aromatic nitrogens is 2. The van der Waals surface area contributed by atoms with Gasteiger partial charge in [-0.15, -0.1) is 0 Å². The van der Waals surface area contributed by atoms with E-state index in [0.717, 1.165) is 43.7 Å². The minimum absolute atomic E-state index is 0.432. The van der Waals surface area contributed by atoms with Gasteiger partial charge in [0.05, 0.1) is 6.61 Å². The highest BCUT2D eigenvalue weighted by Gasteiger charge is 2.21. The van der Waals surface area contributed by atoms with Gasteiger partial charge in [0.1, 0.15) is 18.2 Å². The molecule has 2 heterocycles. The van der Waals surface area contributed by atoms with Crippen LogP contribution in [0.4, 0.5) is 11.6 Å². The lowest BCUT2D eigenvalue weighted by Crippen LogP contribution is -2.37. The number of nitrogens with zero attached hydrogens (tertiary/aromatic N) is 3. The van der Waals surface area contributed by atoms with Crippen LogP contribution in [-0.4, -0.2) is 50.4 Å². The summed E-state index contributed by atoms with van der Waals surface area (Å²) in [4.78, 5) is 11.4. The van der Waals surface area contributed by atoms with Crippen LogP contribution in [0.5, 0.6) is 0 Å². The molecule has 6 nitrogen and oxygen atoms in total. The van der Waals surface area contributed by atoms with Crippen molar-refractivity contribution in [2.24, 2.45) is 5.92 Å². The summed E-state index contributed by atoms with van der Waals surface area (Å²) in [7, 11) is 3.43. The fraction of sp³-hybridized carbons (Fsp3) is 0.733. The Kier molecular flexibility index (Phi) is 6.20. The van der Waals surface area contributed by atoms with Gasteiger partial charge in [0.25, 0.3) is 0 Å². The lowest BCUT2D eigenvalue weighted by atomic mass is 9.99. The maximum absolute atomic E-state index is 5.30. The molecule has 21 heavy (non-hydrogen) atoms. The molecule has 6 heteroatoms. The number of ether oxygens (including phenoxy) is 2. The predicted molar refractivity (Wildman–Crippen MR) is 83.7 cm³/mol. The Hall–Kier alpha value is -1.40. The average Bonchev–Trinajstić information content (AvgIpc) is 2.48. The lowest BCUT2D eigenvalue weighted by molar-refractivity contribution is 0.143. The summed E-state index contributed by atoms with van der Waals surface area (Å²) in [6, 6.07) is 2.03. The van der Waals surface area contributed by atoms with Crippen molar-refractivity contribution in [2.45, 2.75) is 26.4 Å². The first-order valence-corrected chi connectivity index (χ1v) is 7.61. The second-order valence-corrected chi connectivity index (χ2v) is 5.40. The third-order valence-corrected chi connectivity index (χ3v) is 3.64. The number of hydrogen-bond donors (Lipinski definition) is 1. The largest absolute Gasteiger partial charge is 0.384 e. The van der Waals surface area contributed by atoms with Crippen molar-refractivity contribution in [3.05, 3.63) is 11.9 Å². The molecule has 0 radical (unpaired) electrons. The third-order valence-electron chi connectivity index (χ3n) is 3.64. The molecule has 1 N–H and O–H groups in total. The number of nitrogens with one attached hydrogen (secondary N) is 1. The lowest BCUT2D eigenvalue weighted by Gasteiger charge is -2.33. The monoisotopic (exact) mass is 294 g/mol. The van der Waals surface area contributed by atoms with E-state index in [9.17, 15) is 0 Å². The first-order valence-electron chi connectivity index (χ1n) is 7.61. The van der Waals surface area contributed by atoms with E-state index >= 15 is 0 Å². The predicted octanol–water partition coefficient (Wildman–Crippen LogP) is 1.92. The van der Waals surface area contributed by atoms with Gasteiger partial charge in [-0.1, -0.05) is 0 Å². The van der Waals surface area contributed by atoms with Crippen molar-refractivity contribution >= 4 is 11.6 Å². The SMILES string of the molecule is CCNc1cc(N2CCCC(COC)C2)nc(COC)n1. The molecule has 0 aliphatic carbocycles. The van der Waals surface area contributed by atoms with E-state index in [1.165, 1.54) is 12.8 Å². The zero-order valence-electron chi connectivity index (χ0n) is 13.3. The second-order valence-electron chi connectivity index (χ2n) is 5.40. The number of methoxy groups -OCH3 is 2. The van der Waals surface area contributed by atoms with Crippen LogP contribution in [-0.2, 0) is 16.1 Å². The molecule has 118 valence electrons. The highest BCUT2D eigenvalue weighted by Crippen LogP contribution is 2.23. The summed E-state index contributed by atoms with van der Waals surface area (Å²) < 4.78 is 10.5. The molecule has 2 rings (SSSR count). The van der Waals surface area contributed by atoms with Crippen LogP contribution < -0.4 is 10.2 Å². The summed E-state index contributed by atoms with van der Waals surface area (Å²) in [6.07, 6.45) is 2.40. The summed E-state index contributed by atoms with van der Waals surface area (Å²) >= 11 is 0. The number of rotatable bonds is 7. The summed E-state index contributed by atoms with van der Waals surface area (Å²) in [6.45, 7) is 6.18. The first-order chi connectivity index (χ1) is 10.3. The smallest absolute Gasteiger partial charge is 0.158 e. The molecule has 1 aliphatic rings. The molecule has 1 aromatic rings. The Balaban J connectivity index is 2.16. The zero-order chi connectivity index (χ0) is 15.1. The van der Waals surface area contributed by atoms with E-state index in [1.807, 2.05) is 6.07 Å². The second kappa shape index (κ2) is 8.14. The Labute approximate surface area is 126 Å². The Morgan fingerprint density at radius 2 is 2.19 bits per heavy atom. The molecule has 1 aliphatic heterocycles. The first kappa shape index (κ1) is 16.0. The summed E-state index contributed by atoms with van der Waals surface area (Å²) in [5.41, 5.74) is 0. The van der Waals surface area contributed by atoms with Gasteiger partial charge in [-0.3, -0.25) is 0 Å². The van der Waals surface area contributed by atoms with Crippen LogP contribution in [0.2, 0.25) is 0 Å². The minimum Gasteiger partial charge on any atom is -0.384 e. The maximum Gasteiger partial charge on any atom is 0.158 e. The van der Waals surface area contributed by atoms with Crippen molar-refractivity contribution in [3.63, 3.8) is 0 Å². The van der Waals surface area contributed by atoms with Gasteiger partial charge in [-0.05, 0) is 25.7 Å². The topological polar surface area (TPSA) is 59.5 Å². The van der Waals surface area contributed by atoms with Crippen molar-refractivity contribution in [1.29, 1.82) is 0 Å². The fourth-order valence-electron chi connectivity index (χ4n) is 2.76. The quantitative estimate of drug-likeness (QED) is 0.829. The molecule has 0 amide bonds. The van der Waals surface area contributed by atoms with Crippen molar-refractivity contribution in [2.75, 3.05) is 50.7 Å². The normalized spacial score (nSPS) is 18.8. The Morgan fingerprint density at radius 3 is 2.90 bits per heavy atom. The molecule has 1 atom stereocenters. The highest BCUT2D eigenvalue weighted by atomic mass is 16.5. The fourth-order valence-corrected chi connectivity index (χ4v) is 2.76. The molecular formula is C15H26N4O2. The van der Waals surface area contributed by atoms with Crippen LogP contribution >= 0.6 is 0 Å². The Morgan fingerprint density at radius 1 is 1.33 bits per heavy atom. The summed E-state index contributed by atoms with van der Waals surface area (Å²) in [5, 5.41) is 3.26. The minimum atomic E-state index is 0.432. The molecule has 1 saturated heterocycles. The number of anilines is 2. The highest BCUT2D eigenvalue weighted by molar-refractivity contribution is 5.49. The standard InChI is InChI=1S/C15H26N4O2/c1-4-16-13-8-15(18-14(17-13)11-21-3)19-7-5-6-12(9-19)10-20-2/h8,12H,4-7,9-11H2,1-3H3,(H,16,17,18). The van der Waals surface area contributed by atoms with Gasteiger partial charge in [0.15, 0.2) is 5.82 Å². The molecule has 0 bridgehead atoms. The molecule has 0 aromatic carbocycles. The molecular weight excluding hydrogens is 268 g/mol. The van der Waals surface area contributed by atoms with Crippen LogP contribution in [0, 0.1) is 5.92 Å². The van der Waals surface area contributed by atoms with Crippen LogP contribution in [0.3, 0.4) is 0 Å². The number of piperidine rings is 1. The molecule has 1 unspecified atom stereocenters. The van der Waals surface area contributed by atoms with E-state index in [0.29, 0.717) is 12.5 Å². The Bertz CT molecular complexity index is 415. The molecule has 0 saturated carbocycles. The van der Waals surface area contributed by atoms with Crippen LogP contribution in [0.15, 0.2) is 6.07 Å². The van der Waals surface area contributed by atoms with Crippen LogP contribution in [0.1, 0.15) is 25.6 Å². The van der Waals surface area contributed by atoms with E-state index < -0.39 is 0 Å². The van der Waals surface area contributed by atoms with Crippen molar-refractivity contribution in [3.8, 4) is 0 Å². The molecule has 1 aromatic heterocycles. The van der Waals surface area contributed by atoms with Gasteiger partial charge in [-0.2, -0.15) is 0 Å². The van der Waals surface area contributed by atoms with E-state index in [4.69, 9.17) is 9.47 Å². The van der Waals surface area contributed by atoms with Crippen molar-refractivity contribution in [1.82, 2.24) is 9.97 Å². The van der Waals surface area contributed by atoms with Gasteiger partial charge >= 0.3 is 0 Å². The van der Waals surface area contributed by atoms with E-state index in [1.54, 1.807) is 14.2 Å². The number of hydrogen-bond acceptors (Lipinski definition) is 6. The van der Waals surface area contributed by atoms with Crippen LogP contribution in [0.25, 0.3) is 0 Å². The molecule has 0 spiro atoms. The van der Waals surface area contributed by atoms with Crippen molar-refractivity contribution < 1.29 is 9.47 Å². The summed E-state index contributed by atoms with van der Waals surface area (Å²) in [5.74, 6) is 3.14. The van der Waals surface area contributed by atoms with E-state index in [-0.39, 0.29) is 0 Å². The van der Waals surface area contributed by atoms with Gasteiger partial charge in [-0.25, -0.2) is 9.97 Å². The third kappa shape index (κ3) is 4.54. The average molecular weight is 294 g/mol. The van der Waals surface area contributed by atoms with Gasteiger partial charge in [0.2, 0.25) is 0 Å². The zero-order valence-corrected chi connectivity index (χ0v) is 13.3.